The third-order valence-electron chi connectivity index (χ3n) is 4.64. The summed E-state index contributed by atoms with van der Waals surface area (Å²) in [7, 11) is 1.58. The maximum absolute atomic E-state index is 12.9. The number of methoxy groups -OCH3 is 1. The van der Waals surface area contributed by atoms with E-state index in [1.807, 2.05) is 31.2 Å². The molecule has 0 saturated heterocycles. The number of hydrogen-bond acceptors (Lipinski definition) is 5. The number of amides is 1. The van der Waals surface area contributed by atoms with E-state index in [2.05, 4.69) is 4.98 Å². The molecule has 28 heavy (non-hydrogen) atoms. The van der Waals surface area contributed by atoms with Crippen LogP contribution < -0.4 is 26.6 Å². The predicted octanol–water partition coefficient (Wildman–Crippen LogP) is 1.91. The summed E-state index contributed by atoms with van der Waals surface area (Å²) < 4.78 is 6.63. The van der Waals surface area contributed by atoms with Gasteiger partial charge in [0.25, 0.3) is 5.56 Å². The monoisotopic (exact) mass is 388 g/mol. The van der Waals surface area contributed by atoms with E-state index in [1.54, 1.807) is 14.0 Å². The van der Waals surface area contributed by atoms with E-state index < -0.39 is 11.2 Å². The molecule has 1 aromatic carbocycles. The van der Waals surface area contributed by atoms with Gasteiger partial charge in [0, 0.05) is 19.5 Å². The fraction of sp³-hybridized carbons (Fsp3) is 0.450. The number of unbranched alkanes of at least 4 members (excludes halogenated alkanes) is 1. The van der Waals surface area contributed by atoms with Crippen molar-refractivity contribution in [3.63, 3.8) is 0 Å². The zero-order valence-corrected chi connectivity index (χ0v) is 16.7. The molecule has 0 fully saturated rings. The number of nitrogens with two attached hydrogens (primary N) is 1. The molecule has 0 saturated carbocycles. The van der Waals surface area contributed by atoms with Crippen molar-refractivity contribution in [2.45, 2.75) is 46.1 Å². The first-order valence-corrected chi connectivity index (χ1v) is 9.49. The molecule has 0 aliphatic rings. The minimum Gasteiger partial charge on any atom is -0.496 e. The van der Waals surface area contributed by atoms with Gasteiger partial charge in [0.1, 0.15) is 11.6 Å². The summed E-state index contributed by atoms with van der Waals surface area (Å²) >= 11 is 0. The molecule has 0 radical (unpaired) electrons. The van der Waals surface area contributed by atoms with E-state index in [0.29, 0.717) is 18.7 Å². The molecule has 2 rings (SSSR count). The number of ether oxygens (including phenoxy) is 1. The fourth-order valence-electron chi connectivity index (χ4n) is 3.12. The number of benzene rings is 1. The lowest BCUT2D eigenvalue weighted by Gasteiger charge is -2.23. The second-order valence-corrected chi connectivity index (χ2v) is 6.45. The number of aryl methyl sites for hydroxylation is 1. The van der Waals surface area contributed by atoms with Crippen LogP contribution in [0, 0.1) is 0 Å². The van der Waals surface area contributed by atoms with E-state index in [1.165, 1.54) is 9.47 Å². The van der Waals surface area contributed by atoms with Gasteiger partial charge in [-0.05, 0) is 31.4 Å². The molecule has 152 valence electrons. The molecule has 1 heterocycles. The highest BCUT2D eigenvalue weighted by Gasteiger charge is 2.23. The number of carbonyl (C=O) groups excluding carboxylic acids is 1. The van der Waals surface area contributed by atoms with Crippen LogP contribution >= 0.6 is 0 Å². The first kappa shape index (κ1) is 21.3. The van der Waals surface area contributed by atoms with E-state index in [0.717, 1.165) is 18.4 Å². The van der Waals surface area contributed by atoms with Gasteiger partial charge in [0.2, 0.25) is 5.91 Å². The van der Waals surface area contributed by atoms with Crippen molar-refractivity contribution < 1.29 is 9.53 Å². The zero-order chi connectivity index (χ0) is 20.7. The van der Waals surface area contributed by atoms with Gasteiger partial charge in [-0.2, -0.15) is 0 Å². The Morgan fingerprint density at radius 3 is 2.61 bits per heavy atom. The summed E-state index contributed by atoms with van der Waals surface area (Å²) in [6.07, 6.45) is 2.26. The third kappa shape index (κ3) is 4.62. The average Bonchev–Trinajstić information content (AvgIpc) is 2.69. The zero-order valence-electron chi connectivity index (χ0n) is 16.7. The van der Waals surface area contributed by atoms with Gasteiger partial charge < -0.3 is 15.4 Å². The number of para-hydroxylation sites is 1. The van der Waals surface area contributed by atoms with Crippen molar-refractivity contribution in [2.75, 3.05) is 24.3 Å². The predicted molar refractivity (Wildman–Crippen MR) is 110 cm³/mol. The molecule has 0 aliphatic carbocycles. The summed E-state index contributed by atoms with van der Waals surface area (Å²) in [5.74, 6) is 0.491. The number of aromatic amines is 1. The molecular weight excluding hydrogens is 360 g/mol. The molecule has 2 aromatic rings. The second kappa shape index (κ2) is 9.77. The van der Waals surface area contributed by atoms with E-state index >= 15 is 0 Å². The Labute approximate surface area is 163 Å². The number of H-pyrrole nitrogens is 1. The van der Waals surface area contributed by atoms with Crippen LogP contribution in [0.2, 0.25) is 0 Å². The minimum absolute atomic E-state index is 0.0229. The highest BCUT2D eigenvalue weighted by molar-refractivity contribution is 5.95. The molecular formula is C20H28N4O4. The summed E-state index contributed by atoms with van der Waals surface area (Å²) in [5.41, 5.74) is 5.85. The molecule has 3 N–H and O–H groups in total. The van der Waals surface area contributed by atoms with Crippen LogP contribution in [0.15, 0.2) is 33.9 Å². The van der Waals surface area contributed by atoms with Gasteiger partial charge in [0.05, 0.1) is 7.11 Å². The first-order chi connectivity index (χ1) is 13.4. The number of carbonyl (C=O) groups is 1. The lowest BCUT2D eigenvalue weighted by molar-refractivity contribution is -0.118. The standard InChI is InChI=1S/C20H28N4O4/c1-4-6-13-24-18(21)17(19(26)22-20(24)27)23(5-2)16(25)12-11-14-9-7-8-10-15(14)28-3/h7-10H,4-6,11-13,21H2,1-3H3,(H,22,26,27). The van der Waals surface area contributed by atoms with Crippen molar-refractivity contribution in [1.29, 1.82) is 0 Å². The molecule has 0 bridgehead atoms. The Bertz CT molecular complexity index is 933. The quantitative estimate of drug-likeness (QED) is 0.682. The van der Waals surface area contributed by atoms with Crippen molar-refractivity contribution in [2.24, 2.45) is 0 Å². The van der Waals surface area contributed by atoms with Crippen LogP contribution in [0.1, 0.15) is 38.7 Å². The highest BCUT2D eigenvalue weighted by Crippen LogP contribution is 2.21. The summed E-state index contributed by atoms with van der Waals surface area (Å²) in [6.45, 7) is 4.41. The first-order valence-electron chi connectivity index (χ1n) is 9.49. The topological polar surface area (TPSA) is 110 Å². The summed E-state index contributed by atoms with van der Waals surface area (Å²) in [6, 6.07) is 7.48. The number of nitrogen functional groups attached to an aromatic ring is 1. The van der Waals surface area contributed by atoms with Crippen LogP contribution in [-0.2, 0) is 17.8 Å². The fourth-order valence-corrected chi connectivity index (χ4v) is 3.12. The number of nitrogens with zero attached hydrogens (tertiary/aromatic N) is 2. The van der Waals surface area contributed by atoms with Crippen molar-refractivity contribution >= 4 is 17.4 Å². The Morgan fingerprint density at radius 1 is 1.25 bits per heavy atom. The maximum atomic E-state index is 12.9. The van der Waals surface area contributed by atoms with Gasteiger partial charge in [-0.3, -0.25) is 19.1 Å². The third-order valence-corrected chi connectivity index (χ3v) is 4.64. The lowest BCUT2D eigenvalue weighted by Crippen LogP contribution is -2.41. The summed E-state index contributed by atoms with van der Waals surface area (Å²) in [4.78, 5) is 41.0. The van der Waals surface area contributed by atoms with Crippen molar-refractivity contribution in [3.8, 4) is 5.75 Å². The van der Waals surface area contributed by atoms with Gasteiger partial charge in [0.15, 0.2) is 5.69 Å². The molecule has 0 spiro atoms. The van der Waals surface area contributed by atoms with E-state index in [-0.39, 0.29) is 30.4 Å². The van der Waals surface area contributed by atoms with Crippen LogP contribution in [0.25, 0.3) is 0 Å². The molecule has 0 unspecified atom stereocenters. The van der Waals surface area contributed by atoms with E-state index in [4.69, 9.17) is 10.5 Å². The molecule has 0 atom stereocenters. The molecule has 1 aromatic heterocycles. The van der Waals surface area contributed by atoms with Crippen LogP contribution in [0.4, 0.5) is 11.5 Å². The van der Waals surface area contributed by atoms with Crippen LogP contribution in [-0.4, -0.2) is 29.1 Å². The lowest BCUT2D eigenvalue weighted by atomic mass is 10.1. The highest BCUT2D eigenvalue weighted by atomic mass is 16.5. The molecule has 8 heteroatoms. The SMILES string of the molecule is CCCCn1c(N)c(N(CC)C(=O)CCc2ccccc2OC)c(=O)[nH]c1=O. The average molecular weight is 388 g/mol. The van der Waals surface area contributed by atoms with Crippen molar-refractivity contribution in [3.05, 3.63) is 50.7 Å². The normalized spacial score (nSPS) is 10.7. The van der Waals surface area contributed by atoms with Gasteiger partial charge in [-0.25, -0.2) is 4.79 Å². The van der Waals surface area contributed by atoms with E-state index in [9.17, 15) is 14.4 Å². The number of rotatable bonds is 9. The van der Waals surface area contributed by atoms with Gasteiger partial charge >= 0.3 is 5.69 Å². The number of nitrogens with one attached hydrogen (secondary N) is 1. The minimum atomic E-state index is -0.650. The number of hydrogen-bond donors (Lipinski definition) is 2. The van der Waals surface area contributed by atoms with Crippen LogP contribution in [0.3, 0.4) is 0 Å². The van der Waals surface area contributed by atoms with Gasteiger partial charge in [-0.15, -0.1) is 0 Å². The second-order valence-electron chi connectivity index (χ2n) is 6.45. The molecule has 0 aliphatic heterocycles. The Morgan fingerprint density at radius 2 is 1.96 bits per heavy atom. The maximum Gasteiger partial charge on any atom is 0.330 e. The number of anilines is 2. The summed E-state index contributed by atoms with van der Waals surface area (Å²) in [5, 5.41) is 0. The Hall–Kier alpha value is -3.03. The number of aromatic nitrogens is 2. The molecule has 1 amide bonds. The Balaban J connectivity index is 2.30. The smallest absolute Gasteiger partial charge is 0.330 e. The largest absolute Gasteiger partial charge is 0.496 e. The van der Waals surface area contributed by atoms with Crippen LogP contribution in [0.5, 0.6) is 5.75 Å². The Kier molecular flexibility index (Phi) is 7.43. The molecule has 8 nitrogen and oxygen atoms in total. The van der Waals surface area contributed by atoms with Crippen molar-refractivity contribution in [1.82, 2.24) is 9.55 Å². The van der Waals surface area contributed by atoms with Gasteiger partial charge in [-0.1, -0.05) is 31.5 Å².